The van der Waals surface area contributed by atoms with Gasteiger partial charge in [-0.2, -0.15) is 0 Å². The van der Waals surface area contributed by atoms with Crippen LogP contribution in [-0.2, 0) is 14.3 Å². The third kappa shape index (κ3) is 6.08. The van der Waals surface area contributed by atoms with Gasteiger partial charge >= 0.3 is 0 Å². The number of hydrogen-bond acceptors (Lipinski definition) is 5. The van der Waals surface area contributed by atoms with Crippen molar-refractivity contribution < 1.29 is 19.4 Å². The minimum atomic E-state index is -0.376. The molecule has 1 aliphatic carbocycles. The van der Waals surface area contributed by atoms with E-state index in [0.717, 1.165) is 32.1 Å². The summed E-state index contributed by atoms with van der Waals surface area (Å²) in [6.07, 6.45) is 4.01. The molecule has 2 amide bonds. The van der Waals surface area contributed by atoms with Gasteiger partial charge in [-0.1, -0.05) is 0 Å². The van der Waals surface area contributed by atoms with E-state index in [9.17, 15) is 14.7 Å². The molecular formula is C16H29N3O4. The van der Waals surface area contributed by atoms with Crippen molar-refractivity contribution in [2.45, 2.75) is 50.4 Å². The highest BCUT2D eigenvalue weighted by molar-refractivity contribution is 5.80. The van der Waals surface area contributed by atoms with Crippen LogP contribution in [0, 0.1) is 5.92 Å². The number of rotatable bonds is 8. The number of ether oxygens (including phenoxy) is 1. The van der Waals surface area contributed by atoms with Crippen molar-refractivity contribution in [1.82, 2.24) is 15.5 Å². The van der Waals surface area contributed by atoms with E-state index >= 15 is 0 Å². The van der Waals surface area contributed by atoms with Crippen molar-refractivity contribution >= 4 is 11.8 Å². The van der Waals surface area contributed by atoms with Gasteiger partial charge in [-0.15, -0.1) is 0 Å². The quantitative estimate of drug-likeness (QED) is 0.558. The third-order valence-electron chi connectivity index (χ3n) is 4.32. The highest BCUT2D eigenvalue weighted by atomic mass is 16.5. The summed E-state index contributed by atoms with van der Waals surface area (Å²) in [6, 6.07) is -0.148. The van der Waals surface area contributed by atoms with Crippen LogP contribution in [0.3, 0.4) is 0 Å². The molecule has 0 unspecified atom stereocenters. The molecule has 2 aliphatic rings. The number of carbonyl (C=O) groups is 2. The van der Waals surface area contributed by atoms with Crippen LogP contribution in [-0.4, -0.2) is 73.9 Å². The molecule has 0 spiro atoms. The predicted octanol–water partition coefficient (Wildman–Crippen LogP) is -0.511. The Morgan fingerprint density at radius 3 is 2.57 bits per heavy atom. The fourth-order valence-corrected chi connectivity index (χ4v) is 2.90. The molecule has 3 atom stereocenters. The van der Waals surface area contributed by atoms with Gasteiger partial charge in [-0.25, -0.2) is 0 Å². The molecular weight excluding hydrogens is 298 g/mol. The molecule has 0 aromatic rings. The van der Waals surface area contributed by atoms with Crippen molar-refractivity contribution in [3.8, 4) is 0 Å². The van der Waals surface area contributed by atoms with E-state index in [-0.39, 0.29) is 42.6 Å². The van der Waals surface area contributed by atoms with E-state index < -0.39 is 0 Å². The SMILES string of the molecule is CN(C)CC(=O)N[C@@H]1CC[C@@H](CCNC(=O)C2CC2)O[C@H]1CO. The Morgan fingerprint density at radius 1 is 1.22 bits per heavy atom. The van der Waals surface area contributed by atoms with Crippen molar-refractivity contribution in [1.29, 1.82) is 0 Å². The summed E-state index contributed by atoms with van der Waals surface area (Å²) in [6.45, 7) is 0.818. The van der Waals surface area contributed by atoms with Gasteiger partial charge < -0.3 is 25.4 Å². The molecule has 1 heterocycles. The van der Waals surface area contributed by atoms with Crippen molar-refractivity contribution in [3.05, 3.63) is 0 Å². The predicted molar refractivity (Wildman–Crippen MR) is 85.8 cm³/mol. The van der Waals surface area contributed by atoms with Crippen LogP contribution in [0.5, 0.6) is 0 Å². The van der Waals surface area contributed by atoms with E-state index in [1.807, 2.05) is 14.1 Å². The first-order valence-corrected chi connectivity index (χ1v) is 8.47. The largest absolute Gasteiger partial charge is 0.394 e. The standard InChI is InChI=1S/C16H29N3O4/c1-19(2)9-15(21)18-13-6-5-12(23-14(13)10-20)7-8-17-16(22)11-3-4-11/h11-14,20H,3-10H2,1-2H3,(H,17,22)(H,18,21)/t12-,13+,14-/m0/s1. The molecule has 132 valence electrons. The lowest BCUT2D eigenvalue weighted by atomic mass is 9.97. The summed E-state index contributed by atoms with van der Waals surface area (Å²) in [5.41, 5.74) is 0. The number of hydrogen-bond donors (Lipinski definition) is 3. The summed E-state index contributed by atoms with van der Waals surface area (Å²) in [4.78, 5) is 25.2. The normalized spacial score (nSPS) is 27.7. The smallest absolute Gasteiger partial charge is 0.234 e. The van der Waals surface area contributed by atoms with Gasteiger partial charge in [-0.05, 0) is 46.2 Å². The van der Waals surface area contributed by atoms with Crippen LogP contribution in [0.1, 0.15) is 32.1 Å². The second-order valence-corrected chi connectivity index (χ2v) is 6.82. The zero-order valence-electron chi connectivity index (χ0n) is 14.1. The number of aliphatic hydroxyl groups excluding tert-OH is 1. The van der Waals surface area contributed by atoms with Crippen LogP contribution in [0.15, 0.2) is 0 Å². The van der Waals surface area contributed by atoms with E-state index in [2.05, 4.69) is 10.6 Å². The molecule has 3 N–H and O–H groups in total. The zero-order chi connectivity index (χ0) is 16.8. The van der Waals surface area contributed by atoms with Gasteiger partial charge in [0, 0.05) is 12.5 Å². The zero-order valence-corrected chi connectivity index (χ0v) is 14.1. The minimum absolute atomic E-state index is 0.0219. The lowest BCUT2D eigenvalue weighted by Crippen LogP contribution is -2.52. The third-order valence-corrected chi connectivity index (χ3v) is 4.32. The van der Waals surface area contributed by atoms with Crippen LogP contribution in [0.25, 0.3) is 0 Å². The number of aliphatic hydroxyl groups is 1. The van der Waals surface area contributed by atoms with Gasteiger partial charge in [0.15, 0.2) is 0 Å². The van der Waals surface area contributed by atoms with Crippen molar-refractivity contribution in [2.75, 3.05) is 33.8 Å². The number of nitrogens with zero attached hydrogens (tertiary/aromatic N) is 1. The molecule has 1 saturated carbocycles. The molecule has 1 saturated heterocycles. The van der Waals surface area contributed by atoms with Crippen LogP contribution < -0.4 is 10.6 Å². The van der Waals surface area contributed by atoms with Gasteiger partial charge in [0.05, 0.1) is 25.3 Å². The molecule has 7 nitrogen and oxygen atoms in total. The number of amides is 2. The summed E-state index contributed by atoms with van der Waals surface area (Å²) in [7, 11) is 3.68. The number of carbonyl (C=O) groups excluding carboxylic acids is 2. The summed E-state index contributed by atoms with van der Waals surface area (Å²) in [5, 5.41) is 15.4. The van der Waals surface area contributed by atoms with E-state index in [1.165, 1.54) is 0 Å². The Bertz CT molecular complexity index is 412. The number of likely N-dealkylation sites (N-methyl/N-ethyl adjacent to an activating group) is 1. The second-order valence-electron chi connectivity index (χ2n) is 6.82. The summed E-state index contributed by atoms with van der Waals surface area (Å²) >= 11 is 0. The van der Waals surface area contributed by atoms with E-state index in [4.69, 9.17) is 4.74 Å². The van der Waals surface area contributed by atoms with Crippen LogP contribution >= 0.6 is 0 Å². The number of nitrogens with one attached hydrogen (secondary N) is 2. The van der Waals surface area contributed by atoms with Gasteiger partial charge in [0.25, 0.3) is 0 Å². The highest BCUT2D eigenvalue weighted by Gasteiger charge is 2.32. The van der Waals surface area contributed by atoms with Crippen LogP contribution in [0.2, 0.25) is 0 Å². The summed E-state index contributed by atoms with van der Waals surface area (Å²) in [5.74, 6) is 0.314. The Kier molecular flexibility index (Phi) is 6.80. The molecule has 0 bridgehead atoms. The summed E-state index contributed by atoms with van der Waals surface area (Å²) < 4.78 is 5.88. The molecule has 2 rings (SSSR count). The van der Waals surface area contributed by atoms with Crippen LogP contribution in [0.4, 0.5) is 0 Å². The Balaban J connectivity index is 1.69. The van der Waals surface area contributed by atoms with Crippen molar-refractivity contribution in [2.24, 2.45) is 5.92 Å². The van der Waals surface area contributed by atoms with E-state index in [0.29, 0.717) is 13.1 Å². The second kappa shape index (κ2) is 8.61. The first-order valence-electron chi connectivity index (χ1n) is 8.47. The maximum absolute atomic E-state index is 11.8. The topological polar surface area (TPSA) is 90.9 Å². The first-order chi connectivity index (χ1) is 11.0. The molecule has 23 heavy (non-hydrogen) atoms. The molecule has 2 fully saturated rings. The fraction of sp³-hybridized carbons (Fsp3) is 0.875. The van der Waals surface area contributed by atoms with Gasteiger partial charge in [-0.3, -0.25) is 9.59 Å². The lowest BCUT2D eigenvalue weighted by molar-refractivity contribution is -0.129. The lowest BCUT2D eigenvalue weighted by Gasteiger charge is -2.36. The average Bonchev–Trinajstić information content (AvgIpc) is 3.32. The first kappa shape index (κ1) is 18.2. The molecule has 1 aliphatic heterocycles. The van der Waals surface area contributed by atoms with Gasteiger partial charge in [0.2, 0.25) is 11.8 Å². The average molecular weight is 327 g/mol. The highest BCUT2D eigenvalue weighted by Crippen LogP contribution is 2.28. The van der Waals surface area contributed by atoms with E-state index in [1.54, 1.807) is 4.90 Å². The van der Waals surface area contributed by atoms with Gasteiger partial charge in [0.1, 0.15) is 6.10 Å². The Morgan fingerprint density at radius 2 is 1.96 bits per heavy atom. The monoisotopic (exact) mass is 327 g/mol. The fourth-order valence-electron chi connectivity index (χ4n) is 2.90. The maximum atomic E-state index is 11.8. The molecule has 0 aromatic carbocycles. The Labute approximate surface area is 137 Å². The molecule has 0 radical (unpaired) electrons. The van der Waals surface area contributed by atoms with Crippen molar-refractivity contribution in [3.63, 3.8) is 0 Å². The molecule has 0 aromatic heterocycles. The Hall–Kier alpha value is -1.18. The maximum Gasteiger partial charge on any atom is 0.234 e. The minimum Gasteiger partial charge on any atom is -0.394 e. The molecule has 7 heteroatoms.